The molecule has 22 heavy (non-hydrogen) atoms. The number of hydrogen-bond donors (Lipinski definition) is 1. The molecule has 1 aliphatic rings. The predicted octanol–water partition coefficient (Wildman–Crippen LogP) is 1.74. The molecule has 0 atom stereocenters. The summed E-state index contributed by atoms with van der Waals surface area (Å²) >= 11 is 0. The number of halogens is 1. The Morgan fingerprint density at radius 2 is 1.73 bits per heavy atom. The van der Waals surface area contributed by atoms with Crippen LogP contribution in [0.1, 0.15) is 5.56 Å². The summed E-state index contributed by atoms with van der Waals surface area (Å²) in [5.74, 6) is 0.768. The fourth-order valence-corrected chi connectivity index (χ4v) is 2.98. The molecule has 0 bridgehead atoms. The molecule has 1 aliphatic heterocycles. The van der Waals surface area contributed by atoms with Gasteiger partial charge in [0.25, 0.3) is 0 Å². The molecule has 1 fully saturated rings. The highest BCUT2D eigenvalue weighted by Gasteiger charge is 2.21. The molecule has 0 unspecified atom stereocenters. The highest BCUT2D eigenvalue weighted by Crippen LogP contribution is 2.18. The summed E-state index contributed by atoms with van der Waals surface area (Å²) in [6.07, 6.45) is 0. The third-order valence-electron chi connectivity index (χ3n) is 4.28. The summed E-state index contributed by atoms with van der Waals surface area (Å²) in [6.45, 7) is 4.86. The molecule has 1 N–H and O–H groups in total. The maximum Gasteiger partial charge on any atom is 0.146 e. The van der Waals surface area contributed by atoms with Gasteiger partial charge < -0.3 is 14.5 Å². The van der Waals surface area contributed by atoms with Gasteiger partial charge in [-0.2, -0.15) is 0 Å². The number of hydrogen-bond acceptors (Lipinski definition) is 2. The van der Waals surface area contributed by atoms with Gasteiger partial charge in [0.1, 0.15) is 18.1 Å². The Balaban J connectivity index is 1.56. The zero-order chi connectivity index (χ0) is 15.4. The highest BCUT2D eigenvalue weighted by molar-refractivity contribution is 5.47. The second kappa shape index (κ2) is 6.79. The van der Waals surface area contributed by atoms with Crippen LogP contribution in [0.4, 0.5) is 10.1 Å². The molecular weight excluding hydrogens is 279 g/mol. The van der Waals surface area contributed by atoms with E-state index in [4.69, 9.17) is 4.74 Å². The fourth-order valence-electron chi connectivity index (χ4n) is 2.98. The SMILES string of the molecule is COc1ccc(C[NH+]2CCN(c3ccccc3F)CC2)cc1. The lowest BCUT2D eigenvalue weighted by molar-refractivity contribution is -0.914. The molecule has 3 rings (SSSR count). The quantitative estimate of drug-likeness (QED) is 0.926. The zero-order valence-electron chi connectivity index (χ0n) is 12.9. The maximum atomic E-state index is 13.8. The zero-order valence-corrected chi connectivity index (χ0v) is 12.9. The Morgan fingerprint density at radius 1 is 1.05 bits per heavy atom. The molecule has 0 amide bonds. The third kappa shape index (κ3) is 3.39. The van der Waals surface area contributed by atoms with Gasteiger partial charge in [0, 0.05) is 5.56 Å². The van der Waals surface area contributed by atoms with E-state index in [2.05, 4.69) is 17.0 Å². The van der Waals surface area contributed by atoms with Gasteiger partial charge in [-0.1, -0.05) is 12.1 Å². The van der Waals surface area contributed by atoms with Crippen LogP contribution in [0, 0.1) is 5.82 Å². The lowest BCUT2D eigenvalue weighted by Crippen LogP contribution is -3.13. The third-order valence-corrected chi connectivity index (χ3v) is 4.28. The van der Waals surface area contributed by atoms with Crippen molar-refractivity contribution in [3.8, 4) is 5.75 Å². The van der Waals surface area contributed by atoms with Crippen LogP contribution in [0.15, 0.2) is 48.5 Å². The summed E-state index contributed by atoms with van der Waals surface area (Å²) in [5.41, 5.74) is 2.04. The van der Waals surface area contributed by atoms with Crippen molar-refractivity contribution in [2.24, 2.45) is 0 Å². The van der Waals surface area contributed by atoms with E-state index in [9.17, 15) is 4.39 Å². The van der Waals surface area contributed by atoms with E-state index in [-0.39, 0.29) is 5.82 Å². The van der Waals surface area contributed by atoms with Crippen LogP contribution in [0.2, 0.25) is 0 Å². The van der Waals surface area contributed by atoms with Gasteiger partial charge in [0.2, 0.25) is 0 Å². The monoisotopic (exact) mass is 301 g/mol. The van der Waals surface area contributed by atoms with E-state index in [1.165, 1.54) is 16.5 Å². The number of nitrogens with one attached hydrogen (secondary N) is 1. The average Bonchev–Trinajstić information content (AvgIpc) is 2.57. The topological polar surface area (TPSA) is 16.9 Å². The van der Waals surface area contributed by atoms with Gasteiger partial charge in [0.15, 0.2) is 0 Å². The molecule has 0 saturated carbocycles. The molecule has 1 saturated heterocycles. The standard InChI is InChI=1S/C18H21FN2O/c1-22-16-8-6-15(7-9-16)14-20-10-12-21(13-11-20)18-5-3-2-4-17(18)19/h2-9H,10-14H2,1H3/p+1. The van der Waals surface area contributed by atoms with E-state index in [1.807, 2.05) is 24.3 Å². The number of piperazine rings is 1. The first-order valence-electron chi connectivity index (χ1n) is 7.72. The van der Waals surface area contributed by atoms with Crippen LogP contribution < -0.4 is 14.5 Å². The molecule has 0 spiro atoms. The van der Waals surface area contributed by atoms with Crippen molar-refractivity contribution in [1.29, 1.82) is 0 Å². The molecule has 0 radical (unpaired) electrons. The molecule has 4 heteroatoms. The minimum Gasteiger partial charge on any atom is -0.497 e. The van der Waals surface area contributed by atoms with E-state index >= 15 is 0 Å². The maximum absolute atomic E-state index is 13.8. The summed E-state index contributed by atoms with van der Waals surface area (Å²) in [5, 5.41) is 0. The van der Waals surface area contributed by atoms with Crippen molar-refractivity contribution < 1.29 is 14.0 Å². The van der Waals surface area contributed by atoms with Gasteiger partial charge >= 0.3 is 0 Å². The Labute approximate surface area is 130 Å². The van der Waals surface area contributed by atoms with Crippen molar-refractivity contribution in [2.45, 2.75) is 6.54 Å². The van der Waals surface area contributed by atoms with E-state index in [0.717, 1.165) is 44.2 Å². The number of methoxy groups -OCH3 is 1. The van der Waals surface area contributed by atoms with Crippen molar-refractivity contribution in [3.05, 3.63) is 59.9 Å². The van der Waals surface area contributed by atoms with Crippen molar-refractivity contribution in [3.63, 3.8) is 0 Å². The number of ether oxygens (including phenoxy) is 1. The lowest BCUT2D eigenvalue weighted by atomic mass is 10.2. The molecule has 2 aromatic carbocycles. The van der Waals surface area contributed by atoms with Gasteiger partial charge in [-0.25, -0.2) is 4.39 Å². The van der Waals surface area contributed by atoms with Gasteiger partial charge in [-0.05, 0) is 36.4 Å². The summed E-state index contributed by atoms with van der Waals surface area (Å²) < 4.78 is 19.0. The fraction of sp³-hybridized carbons (Fsp3) is 0.333. The molecule has 116 valence electrons. The second-order valence-corrected chi connectivity index (χ2v) is 5.71. The second-order valence-electron chi connectivity index (χ2n) is 5.71. The van der Waals surface area contributed by atoms with E-state index in [0.29, 0.717) is 0 Å². The smallest absolute Gasteiger partial charge is 0.146 e. The Kier molecular flexibility index (Phi) is 4.59. The number of anilines is 1. The Bertz CT molecular complexity index is 607. The van der Waals surface area contributed by atoms with Crippen LogP contribution in [-0.2, 0) is 6.54 Å². The van der Waals surface area contributed by atoms with Crippen molar-refractivity contribution in [1.82, 2.24) is 0 Å². The minimum atomic E-state index is -0.124. The van der Waals surface area contributed by atoms with Crippen LogP contribution in [0.25, 0.3) is 0 Å². The predicted molar refractivity (Wildman–Crippen MR) is 86.0 cm³/mol. The number of para-hydroxylation sites is 1. The number of nitrogens with zero attached hydrogens (tertiary/aromatic N) is 1. The minimum absolute atomic E-state index is 0.124. The normalized spacial score (nSPS) is 15.8. The first-order valence-corrected chi connectivity index (χ1v) is 7.72. The van der Waals surface area contributed by atoms with Gasteiger partial charge in [0.05, 0.1) is 39.0 Å². The van der Waals surface area contributed by atoms with E-state index < -0.39 is 0 Å². The van der Waals surface area contributed by atoms with Crippen molar-refractivity contribution >= 4 is 5.69 Å². The molecule has 2 aromatic rings. The van der Waals surface area contributed by atoms with Gasteiger partial charge in [-0.3, -0.25) is 0 Å². The van der Waals surface area contributed by atoms with Crippen LogP contribution in [-0.4, -0.2) is 33.3 Å². The first kappa shape index (κ1) is 14.9. The molecule has 3 nitrogen and oxygen atoms in total. The Morgan fingerprint density at radius 3 is 2.36 bits per heavy atom. The lowest BCUT2D eigenvalue weighted by Gasteiger charge is -2.33. The van der Waals surface area contributed by atoms with Crippen LogP contribution >= 0.6 is 0 Å². The van der Waals surface area contributed by atoms with Crippen LogP contribution in [0.3, 0.4) is 0 Å². The van der Waals surface area contributed by atoms with Crippen LogP contribution in [0.5, 0.6) is 5.75 Å². The first-order chi connectivity index (χ1) is 10.8. The summed E-state index contributed by atoms with van der Waals surface area (Å²) in [7, 11) is 1.68. The Hall–Kier alpha value is -2.07. The van der Waals surface area contributed by atoms with Crippen molar-refractivity contribution in [2.75, 3.05) is 38.2 Å². The summed E-state index contributed by atoms with van der Waals surface area (Å²) in [4.78, 5) is 3.69. The number of rotatable bonds is 4. The average molecular weight is 301 g/mol. The molecular formula is C18H22FN2O+. The highest BCUT2D eigenvalue weighted by atomic mass is 19.1. The summed E-state index contributed by atoms with van der Waals surface area (Å²) in [6, 6.07) is 15.3. The molecule has 0 aliphatic carbocycles. The molecule has 1 heterocycles. The van der Waals surface area contributed by atoms with E-state index in [1.54, 1.807) is 13.2 Å². The number of benzene rings is 2. The number of quaternary nitrogens is 1. The molecule has 0 aromatic heterocycles. The van der Waals surface area contributed by atoms with Gasteiger partial charge in [-0.15, -0.1) is 0 Å². The largest absolute Gasteiger partial charge is 0.497 e.